The van der Waals surface area contributed by atoms with Crippen LogP contribution in [-0.2, 0) is 4.79 Å². The van der Waals surface area contributed by atoms with Gasteiger partial charge in [0.2, 0.25) is 0 Å². The van der Waals surface area contributed by atoms with Gasteiger partial charge in [0, 0.05) is 8.59 Å². The summed E-state index contributed by atoms with van der Waals surface area (Å²) in [6, 6.07) is 5.59. The number of benzene rings is 1. The molecule has 0 saturated carbocycles. The highest BCUT2D eigenvalue weighted by Gasteiger charge is 2.13. The lowest BCUT2D eigenvalue weighted by Crippen LogP contribution is -2.01. The predicted octanol–water partition coefficient (Wildman–Crippen LogP) is 3.97. The summed E-state index contributed by atoms with van der Waals surface area (Å²) < 4.78 is 1.03. The first-order valence-electron chi connectivity index (χ1n) is 3.61. The third-order valence-corrected chi connectivity index (χ3v) is 3.55. The van der Waals surface area contributed by atoms with Crippen LogP contribution in [0.3, 0.4) is 0 Å². The van der Waals surface area contributed by atoms with Crippen molar-refractivity contribution in [3.63, 3.8) is 0 Å². The molecule has 0 saturated heterocycles. The van der Waals surface area contributed by atoms with Crippen molar-refractivity contribution in [1.29, 1.82) is 0 Å². The molecule has 13 heavy (non-hydrogen) atoms. The van der Waals surface area contributed by atoms with Gasteiger partial charge in [0.25, 0.3) is 0 Å². The summed E-state index contributed by atoms with van der Waals surface area (Å²) >= 11 is 11.3. The second-order valence-corrected chi connectivity index (χ2v) is 5.27. The highest BCUT2D eigenvalue weighted by molar-refractivity contribution is 14.1. The molecule has 0 N–H and O–H groups in total. The third kappa shape index (κ3) is 3.22. The second kappa shape index (κ2) is 4.75. The van der Waals surface area contributed by atoms with E-state index in [4.69, 9.17) is 11.6 Å². The molecule has 0 aliphatic rings. The number of carbonyl (C=O) groups excluding carboxylic acids is 1. The van der Waals surface area contributed by atoms with Gasteiger partial charge in [0.1, 0.15) is 5.78 Å². The monoisotopic (exact) mass is 372 g/mol. The first kappa shape index (κ1) is 11.5. The molecule has 1 atom stereocenters. The molecule has 0 fully saturated rings. The summed E-state index contributed by atoms with van der Waals surface area (Å²) in [5.41, 5.74) is 0.907. The summed E-state index contributed by atoms with van der Waals surface area (Å²) in [7, 11) is 0. The van der Waals surface area contributed by atoms with Crippen molar-refractivity contribution in [1.82, 2.24) is 0 Å². The highest BCUT2D eigenvalue weighted by atomic mass is 127. The maximum absolute atomic E-state index is 11.1. The van der Waals surface area contributed by atoms with Gasteiger partial charge in [-0.2, -0.15) is 0 Å². The lowest BCUT2D eigenvalue weighted by atomic mass is 10.1. The van der Waals surface area contributed by atoms with Crippen LogP contribution < -0.4 is 0 Å². The Hall–Kier alpha value is 0.390. The Morgan fingerprint density at radius 1 is 1.54 bits per heavy atom. The van der Waals surface area contributed by atoms with Gasteiger partial charge < -0.3 is 0 Å². The molecule has 1 aromatic carbocycles. The summed E-state index contributed by atoms with van der Waals surface area (Å²) in [6.07, 6.45) is 0. The predicted molar refractivity (Wildman–Crippen MR) is 66.5 cm³/mol. The van der Waals surface area contributed by atoms with E-state index in [1.54, 1.807) is 13.0 Å². The zero-order valence-electron chi connectivity index (χ0n) is 6.85. The van der Waals surface area contributed by atoms with Crippen LogP contribution in [0.25, 0.3) is 0 Å². The van der Waals surface area contributed by atoms with Crippen LogP contribution in [-0.4, -0.2) is 5.78 Å². The molecular formula is C9H7BrClIO. The second-order valence-electron chi connectivity index (χ2n) is 2.68. The quantitative estimate of drug-likeness (QED) is 0.566. The number of hydrogen-bond donors (Lipinski definition) is 0. The fourth-order valence-electron chi connectivity index (χ4n) is 0.956. The van der Waals surface area contributed by atoms with E-state index < -0.39 is 0 Å². The van der Waals surface area contributed by atoms with Gasteiger partial charge in [0.05, 0.1) is 4.83 Å². The van der Waals surface area contributed by atoms with E-state index >= 15 is 0 Å². The molecule has 0 heterocycles. The lowest BCUT2D eigenvalue weighted by molar-refractivity contribution is -0.116. The van der Waals surface area contributed by atoms with Crippen LogP contribution >= 0.6 is 50.1 Å². The minimum Gasteiger partial charge on any atom is -0.298 e. The third-order valence-electron chi connectivity index (χ3n) is 1.53. The number of rotatable bonds is 2. The number of alkyl halides is 1. The Bertz CT molecular complexity index is 320. The Kier molecular flexibility index (Phi) is 4.19. The average molecular weight is 373 g/mol. The SMILES string of the molecule is CC(=O)C(Br)c1cc(Cl)cc(I)c1. The molecule has 0 bridgehead atoms. The lowest BCUT2D eigenvalue weighted by Gasteiger charge is -2.07. The summed E-state index contributed by atoms with van der Waals surface area (Å²) in [5, 5.41) is 0.660. The largest absolute Gasteiger partial charge is 0.298 e. The molecule has 0 aliphatic heterocycles. The number of halogens is 3. The fraction of sp³-hybridized carbons (Fsp3) is 0.222. The van der Waals surface area contributed by atoms with E-state index in [0.717, 1.165) is 9.13 Å². The number of Topliss-reactive ketones (excluding diaryl/α,β-unsaturated/α-hetero) is 1. The molecule has 0 aliphatic carbocycles. The van der Waals surface area contributed by atoms with E-state index in [9.17, 15) is 4.79 Å². The van der Waals surface area contributed by atoms with Crippen molar-refractivity contribution < 1.29 is 4.79 Å². The van der Waals surface area contributed by atoms with Crippen LogP contribution in [0.2, 0.25) is 5.02 Å². The summed E-state index contributed by atoms with van der Waals surface area (Å²) in [4.78, 5) is 10.8. The Morgan fingerprint density at radius 3 is 2.62 bits per heavy atom. The molecular weight excluding hydrogens is 366 g/mol. The number of hydrogen-bond acceptors (Lipinski definition) is 1. The highest BCUT2D eigenvalue weighted by Crippen LogP contribution is 2.27. The molecule has 1 aromatic rings. The molecule has 0 radical (unpaired) electrons. The van der Waals surface area contributed by atoms with Crippen molar-refractivity contribution in [3.8, 4) is 0 Å². The van der Waals surface area contributed by atoms with Crippen LogP contribution in [0.4, 0.5) is 0 Å². The number of ketones is 1. The molecule has 0 aromatic heterocycles. The normalized spacial score (nSPS) is 12.6. The molecule has 1 rings (SSSR count). The van der Waals surface area contributed by atoms with Crippen LogP contribution in [0.15, 0.2) is 18.2 Å². The van der Waals surface area contributed by atoms with Crippen molar-refractivity contribution in [2.24, 2.45) is 0 Å². The van der Waals surface area contributed by atoms with Crippen molar-refractivity contribution in [2.75, 3.05) is 0 Å². The maximum atomic E-state index is 11.1. The molecule has 1 unspecified atom stereocenters. The topological polar surface area (TPSA) is 17.1 Å². The van der Waals surface area contributed by atoms with Gasteiger partial charge in [-0.3, -0.25) is 4.79 Å². The zero-order valence-corrected chi connectivity index (χ0v) is 11.4. The Labute approximate surface area is 104 Å². The van der Waals surface area contributed by atoms with Crippen molar-refractivity contribution in [3.05, 3.63) is 32.4 Å². The van der Waals surface area contributed by atoms with E-state index in [2.05, 4.69) is 38.5 Å². The van der Waals surface area contributed by atoms with Gasteiger partial charge in [-0.15, -0.1) is 0 Å². The minimum atomic E-state index is -0.250. The van der Waals surface area contributed by atoms with E-state index in [-0.39, 0.29) is 10.6 Å². The fourth-order valence-corrected chi connectivity index (χ4v) is 2.34. The van der Waals surface area contributed by atoms with E-state index in [1.807, 2.05) is 12.1 Å². The summed E-state index contributed by atoms with van der Waals surface area (Å²) in [5.74, 6) is 0.0815. The molecule has 0 amide bonds. The van der Waals surface area contributed by atoms with Gasteiger partial charge >= 0.3 is 0 Å². The van der Waals surface area contributed by atoms with Crippen LogP contribution in [0.1, 0.15) is 17.3 Å². The Morgan fingerprint density at radius 2 is 2.15 bits per heavy atom. The maximum Gasteiger partial charge on any atom is 0.147 e. The first-order chi connectivity index (χ1) is 6.00. The standard InChI is InChI=1S/C9H7BrClIO/c1-5(13)9(10)6-2-7(11)4-8(12)3-6/h2-4,9H,1H3. The Balaban J connectivity index is 3.07. The minimum absolute atomic E-state index is 0.0815. The molecule has 4 heteroatoms. The van der Waals surface area contributed by atoms with Gasteiger partial charge in [-0.25, -0.2) is 0 Å². The van der Waals surface area contributed by atoms with Gasteiger partial charge in [0.15, 0.2) is 0 Å². The van der Waals surface area contributed by atoms with Crippen LogP contribution in [0, 0.1) is 3.57 Å². The number of carbonyl (C=O) groups is 1. The molecule has 70 valence electrons. The average Bonchev–Trinajstić information content (AvgIpc) is 2.01. The van der Waals surface area contributed by atoms with E-state index in [1.165, 1.54) is 0 Å². The first-order valence-corrected chi connectivity index (χ1v) is 5.98. The molecule has 1 nitrogen and oxygen atoms in total. The van der Waals surface area contributed by atoms with Gasteiger partial charge in [-0.1, -0.05) is 27.5 Å². The molecule has 0 spiro atoms. The van der Waals surface area contributed by atoms with Crippen molar-refractivity contribution >= 4 is 55.9 Å². The zero-order chi connectivity index (χ0) is 10.0. The van der Waals surface area contributed by atoms with E-state index in [0.29, 0.717) is 5.02 Å². The van der Waals surface area contributed by atoms with Gasteiger partial charge in [-0.05, 0) is 53.3 Å². The van der Waals surface area contributed by atoms with Crippen LogP contribution in [0.5, 0.6) is 0 Å². The van der Waals surface area contributed by atoms with Crippen molar-refractivity contribution in [2.45, 2.75) is 11.8 Å². The summed E-state index contributed by atoms with van der Waals surface area (Å²) in [6.45, 7) is 1.55. The smallest absolute Gasteiger partial charge is 0.147 e.